The number of carbonyl (C=O) groups excluding carboxylic acids is 2. The fourth-order valence-electron chi connectivity index (χ4n) is 0.644. The van der Waals surface area contributed by atoms with E-state index in [9.17, 15) is 27.2 Å². The van der Waals surface area contributed by atoms with Gasteiger partial charge in [0.05, 0.1) is 0 Å². The van der Waals surface area contributed by atoms with Gasteiger partial charge in [0.15, 0.2) is 5.92 Å². The van der Waals surface area contributed by atoms with Gasteiger partial charge in [-0.1, -0.05) is 0 Å². The van der Waals surface area contributed by atoms with E-state index in [-0.39, 0.29) is 0 Å². The van der Waals surface area contributed by atoms with E-state index in [1.165, 1.54) is 0 Å². The van der Waals surface area contributed by atoms with Gasteiger partial charge in [0.25, 0.3) is 0 Å². The number of alkyl halides is 4. The molecule has 4 nitrogen and oxygen atoms in total. The van der Waals surface area contributed by atoms with Gasteiger partial charge in [0, 0.05) is 0 Å². The Morgan fingerprint density at radius 3 is 1.57 bits per heavy atom. The molecule has 1 saturated heterocycles. The molecule has 1 aliphatic heterocycles. The Kier molecular flexibility index (Phi) is 2.17. The molecule has 0 atom stereocenters. The normalized spacial score (nSPS) is 26.4. The molecular weight excluding hydrogens is 212 g/mol. The van der Waals surface area contributed by atoms with Gasteiger partial charge in [0.1, 0.15) is 0 Å². The summed E-state index contributed by atoms with van der Waals surface area (Å²) in [6, 6.07) is 0. The van der Waals surface area contributed by atoms with Crippen LogP contribution in [0.3, 0.4) is 0 Å². The zero-order valence-corrected chi connectivity index (χ0v) is 6.72. The minimum atomic E-state index is -5.13. The van der Waals surface area contributed by atoms with Crippen LogP contribution < -0.4 is 0 Å². The first-order valence-corrected chi connectivity index (χ1v) is 3.39. The first-order valence-electron chi connectivity index (χ1n) is 3.39. The van der Waals surface area contributed by atoms with E-state index >= 15 is 0 Å². The molecule has 0 saturated carbocycles. The second-order valence-electron chi connectivity index (χ2n) is 2.60. The van der Waals surface area contributed by atoms with Crippen molar-refractivity contribution in [2.24, 2.45) is 5.92 Å². The Morgan fingerprint density at radius 2 is 1.29 bits per heavy atom. The number of halogens is 4. The number of rotatable bonds is 0. The van der Waals surface area contributed by atoms with Crippen molar-refractivity contribution in [3.63, 3.8) is 0 Å². The Bertz CT molecular complexity index is 260. The van der Waals surface area contributed by atoms with Crippen molar-refractivity contribution in [1.82, 2.24) is 0 Å². The lowest BCUT2D eigenvalue weighted by atomic mass is 10.2. The molecule has 0 aliphatic carbocycles. The smallest absolute Gasteiger partial charge is 0.392 e. The van der Waals surface area contributed by atoms with E-state index in [4.69, 9.17) is 0 Å². The molecule has 8 heteroatoms. The lowest BCUT2D eigenvalue weighted by Gasteiger charge is -2.20. The number of ether oxygens (including phenoxy) is 2. The van der Waals surface area contributed by atoms with Crippen molar-refractivity contribution in [2.45, 2.75) is 19.1 Å². The van der Waals surface area contributed by atoms with Crippen LogP contribution in [0.15, 0.2) is 0 Å². The molecule has 0 spiro atoms. The summed E-state index contributed by atoms with van der Waals surface area (Å²) in [6.07, 6.45) is -10.3. The van der Waals surface area contributed by atoms with Crippen molar-refractivity contribution in [2.75, 3.05) is 0 Å². The number of cyclic esters (lactones) is 2. The molecule has 0 unspecified atom stereocenters. The number of hydrogen-bond acceptors (Lipinski definition) is 4. The van der Waals surface area contributed by atoms with Gasteiger partial charge in [-0.3, -0.25) is 9.59 Å². The van der Waals surface area contributed by atoms with Gasteiger partial charge in [-0.2, -0.15) is 17.6 Å². The zero-order chi connectivity index (χ0) is 11.1. The highest BCUT2D eigenvalue weighted by molar-refractivity contribution is 5.95. The average molecular weight is 216 g/mol. The third kappa shape index (κ3) is 1.51. The summed E-state index contributed by atoms with van der Waals surface area (Å²) in [5, 5.41) is 0. The standard InChI is InChI=1S/C6H4F4O4/c1-2-3(11)13-5(7,8)6(9,10)14-4(2)12/h2H,1H3. The molecule has 1 rings (SSSR count). The highest BCUT2D eigenvalue weighted by atomic mass is 19.3. The van der Waals surface area contributed by atoms with Crippen molar-refractivity contribution < 1.29 is 36.6 Å². The molecule has 0 bridgehead atoms. The molecule has 0 aromatic carbocycles. The summed E-state index contributed by atoms with van der Waals surface area (Å²) >= 11 is 0. The lowest BCUT2D eigenvalue weighted by Crippen LogP contribution is -2.44. The van der Waals surface area contributed by atoms with Crippen LogP contribution in [0.4, 0.5) is 17.6 Å². The quantitative estimate of drug-likeness (QED) is 0.343. The minimum absolute atomic E-state index is 0.822. The van der Waals surface area contributed by atoms with Crippen LogP contribution in [0.2, 0.25) is 0 Å². The van der Waals surface area contributed by atoms with E-state index in [0.29, 0.717) is 0 Å². The van der Waals surface area contributed by atoms with Crippen LogP contribution in [-0.2, 0) is 19.1 Å². The maximum absolute atomic E-state index is 12.4. The van der Waals surface area contributed by atoms with Crippen LogP contribution in [0.5, 0.6) is 0 Å². The van der Waals surface area contributed by atoms with Gasteiger partial charge in [-0.05, 0) is 6.92 Å². The monoisotopic (exact) mass is 216 g/mol. The van der Waals surface area contributed by atoms with Gasteiger partial charge >= 0.3 is 24.2 Å². The molecule has 0 radical (unpaired) electrons. The van der Waals surface area contributed by atoms with E-state index in [0.717, 1.165) is 6.92 Å². The van der Waals surface area contributed by atoms with Crippen LogP contribution in [0.25, 0.3) is 0 Å². The fourth-order valence-corrected chi connectivity index (χ4v) is 0.644. The summed E-state index contributed by atoms with van der Waals surface area (Å²) in [7, 11) is 0. The largest absolute Gasteiger partial charge is 0.509 e. The van der Waals surface area contributed by atoms with Crippen LogP contribution >= 0.6 is 0 Å². The van der Waals surface area contributed by atoms with Crippen LogP contribution in [0.1, 0.15) is 6.92 Å². The van der Waals surface area contributed by atoms with E-state index in [1.54, 1.807) is 0 Å². The Labute approximate surface area is 74.8 Å². The second-order valence-corrected chi connectivity index (χ2v) is 2.60. The number of hydrogen-bond donors (Lipinski definition) is 0. The Balaban J connectivity index is 3.07. The predicted molar refractivity (Wildman–Crippen MR) is 31.2 cm³/mol. The summed E-state index contributed by atoms with van der Waals surface area (Å²) < 4.78 is 55.7. The number of esters is 2. The molecule has 0 aromatic heterocycles. The lowest BCUT2D eigenvalue weighted by molar-refractivity contribution is -0.398. The van der Waals surface area contributed by atoms with Gasteiger partial charge in [-0.15, -0.1) is 0 Å². The van der Waals surface area contributed by atoms with Crippen molar-refractivity contribution in [1.29, 1.82) is 0 Å². The predicted octanol–water partition coefficient (Wildman–Crippen LogP) is 0.908. The first-order chi connectivity index (χ1) is 6.17. The molecular formula is C6H4F4O4. The third-order valence-electron chi connectivity index (χ3n) is 1.50. The van der Waals surface area contributed by atoms with Gasteiger partial charge in [-0.25, -0.2) is 0 Å². The maximum Gasteiger partial charge on any atom is 0.509 e. The van der Waals surface area contributed by atoms with Gasteiger partial charge < -0.3 is 9.47 Å². The minimum Gasteiger partial charge on any atom is -0.392 e. The highest BCUT2D eigenvalue weighted by Crippen LogP contribution is 2.39. The molecule has 1 fully saturated rings. The zero-order valence-electron chi connectivity index (χ0n) is 6.72. The third-order valence-corrected chi connectivity index (χ3v) is 1.50. The number of carbonyl (C=O) groups is 2. The van der Waals surface area contributed by atoms with Crippen molar-refractivity contribution >= 4 is 11.9 Å². The first kappa shape index (κ1) is 10.7. The molecule has 1 heterocycles. The molecule has 1 aliphatic rings. The average Bonchev–Trinajstić information content (AvgIpc) is 2.03. The summed E-state index contributed by atoms with van der Waals surface area (Å²) in [5.74, 6) is -5.30. The molecule has 14 heavy (non-hydrogen) atoms. The molecule has 0 aromatic rings. The summed E-state index contributed by atoms with van der Waals surface area (Å²) in [5.41, 5.74) is 0. The molecule has 0 N–H and O–H groups in total. The van der Waals surface area contributed by atoms with Crippen LogP contribution in [0, 0.1) is 5.92 Å². The van der Waals surface area contributed by atoms with Crippen molar-refractivity contribution in [3.05, 3.63) is 0 Å². The summed E-state index contributed by atoms with van der Waals surface area (Å²) in [4.78, 5) is 21.2. The SMILES string of the molecule is CC1C(=O)OC(F)(F)C(F)(F)OC1=O. The van der Waals surface area contributed by atoms with Crippen molar-refractivity contribution in [3.8, 4) is 0 Å². The Morgan fingerprint density at radius 1 is 1.00 bits per heavy atom. The fraction of sp³-hybridized carbons (Fsp3) is 0.667. The maximum atomic E-state index is 12.4. The topological polar surface area (TPSA) is 52.6 Å². The van der Waals surface area contributed by atoms with E-state index in [1.807, 2.05) is 0 Å². The van der Waals surface area contributed by atoms with E-state index in [2.05, 4.69) is 9.47 Å². The summed E-state index contributed by atoms with van der Waals surface area (Å²) in [6.45, 7) is 0.822. The second kappa shape index (κ2) is 2.82. The van der Waals surface area contributed by atoms with E-state index < -0.39 is 30.1 Å². The highest BCUT2D eigenvalue weighted by Gasteiger charge is 2.67. The van der Waals surface area contributed by atoms with Gasteiger partial charge in [0.2, 0.25) is 0 Å². The van der Waals surface area contributed by atoms with Crippen LogP contribution in [-0.4, -0.2) is 24.2 Å². The Hall–Kier alpha value is -1.34. The molecule has 0 amide bonds. The molecule has 80 valence electrons.